The van der Waals surface area contributed by atoms with Gasteiger partial charge in [0, 0.05) is 28.7 Å². The van der Waals surface area contributed by atoms with Gasteiger partial charge in [0.15, 0.2) is 0 Å². The summed E-state index contributed by atoms with van der Waals surface area (Å²) in [6, 6.07) is 14.0. The van der Waals surface area contributed by atoms with E-state index < -0.39 is 5.97 Å². The molecule has 1 aromatic heterocycles. The molecule has 2 aromatic carbocycles. The largest absolute Gasteiger partial charge is 0.465 e. The number of esters is 1. The van der Waals surface area contributed by atoms with Gasteiger partial charge in [0.1, 0.15) is 12.1 Å². The maximum atomic E-state index is 12.8. The molecule has 0 saturated carbocycles. The Hall–Kier alpha value is -3.74. The molecule has 0 aliphatic rings. The third-order valence-electron chi connectivity index (χ3n) is 4.36. The number of ether oxygens (including phenoxy) is 1. The molecule has 7 nitrogen and oxygen atoms in total. The van der Waals surface area contributed by atoms with Crippen LogP contribution >= 0.6 is 0 Å². The summed E-state index contributed by atoms with van der Waals surface area (Å²) in [6.45, 7) is 3.91. The Morgan fingerprint density at radius 2 is 1.83 bits per heavy atom. The minimum atomic E-state index is -0.486. The number of anilines is 3. The summed E-state index contributed by atoms with van der Waals surface area (Å²) in [4.78, 5) is 32.8. The first-order chi connectivity index (χ1) is 14.0. The van der Waals surface area contributed by atoms with Gasteiger partial charge in [-0.05, 0) is 49.2 Å². The predicted octanol–water partition coefficient (Wildman–Crippen LogP) is 4.13. The van der Waals surface area contributed by atoms with E-state index in [1.165, 1.54) is 19.5 Å². The van der Waals surface area contributed by atoms with Crippen LogP contribution in [0.1, 0.15) is 38.9 Å². The SMILES string of the molecule is CCc1ccc(Nc2cc(C)ncn2)cc1NC(=O)c1cccc(C(=O)OC)c1. The van der Waals surface area contributed by atoms with Crippen molar-refractivity contribution < 1.29 is 14.3 Å². The summed E-state index contributed by atoms with van der Waals surface area (Å²) in [6.07, 6.45) is 2.25. The predicted molar refractivity (Wildman–Crippen MR) is 112 cm³/mol. The normalized spacial score (nSPS) is 10.3. The number of benzene rings is 2. The number of nitrogens with zero attached hydrogens (tertiary/aromatic N) is 2. The van der Waals surface area contributed by atoms with Crippen LogP contribution in [0.3, 0.4) is 0 Å². The van der Waals surface area contributed by atoms with Gasteiger partial charge in [0.25, 0.3) is 5.91 Å². The van der Waals surface area contributed by atoms with Crippen molar-refractivity contribution in [3.63, 3.8) is 0 Å². The number of carbonyl (C=O) groups is 2. The van der Waals surface area contributed by atoms with Crippen LogP contribution in [-0.2, 0) is 11.2 Å². The molecule has 0 spiro atoms. The highest BCUT2D eigenvalue weighted by Crippen LogP contribution is 2.24. The van der Waals surface area contributed by atoms with Gasteiger partial charge in [0.05, 0.1) is 12.7 Å². The standard InChI is InChI=1S/C22H22N4O3/c1-4-15-8-9-18(25-20-10-14(2)23-13-24-20)12-19(15)26-21(27)16-6-5-7-17(11-16)22(28)29-3/h5-13H,4H2,1-3H3,(H,26,27)(H,23,24,25). The maximum absolute atomic E-state index is 12.8. The maximum Gasteiger partial charge on any atom is 0.337 e. The average Bonchev–Trinajstić information content (AvgIpc) is 2.73. The molecule has 1 amide bonds. The number of hydrogen-bond donors (Lipinski definition) is 2. The fourth-order valence-corrected chi connectivity index (χ4v) is 2.85. The van der Waals surface area contributed by atoms with E-state index in [2.05, 4.69) is 20.6 Å². The fraction of sp³-hybridized carbons (Fsp3) is 0.182. The summed E-state index contributed by atoms with van der Waals surface area (Å²) in [5, 5.41) is 6.15. The van der Waals surface area contributed by atoms with E-state index >= 15 is 0 Å². The van der Waals surface area contributed by atoms with Crippen LogP contribution in [0, 0.1) is 6.92 Å². The molecular weight excluding hydrogens is 368 g/mol. The molecule has 0 bridgehead atoms. The molecule has 3 rings (SSSR count). The number of carbonyl (C=O) groups excluding carboxylic acids is 2. The lowest BCUT2D eigenvalue weighted by atomic mass is 10.1. The van der Waals surface area contributed by atoms with Crippen LogP contribution in [0.15, 0.2) is 54.9 Å². The van der Waals surface area contributed by atoms with Crippen LogP contribution < -0.4 is 10.6 Å². The van der Waals surface area contributed by atoms with Crippen molar-refractivity contribution in [1.29, 1.82) is 0 Å². The first-order valence-corrected chi connectivity index (χ1v) is 9.18. The number of hydrogen-bond acceptors (Lipinski definition) is 6. The summed E-state index contributed by atoms with van der Waals surface area (Å²) in [5.74, 6) is -0.120. The Kier molecular flexibility index (Phi) is 6.19. The monoisotopic (exact) mass is 390 g/mol. The molecule has 0 aliphatic heterocycles. The molecule has 2 N–H and O–H groups in total. The van der Waals surface area contributed by atoms with E-state index in [1.807, 2.05) is 38.1 Å². The van der Waals surface area contributed by atoms with E-state index in [0.717, 1.165) is 23.4 Å². The Bertz CT molecular complexity index is 1050. The summed E-state index contributed by atoms with van der Waals surface area (Å²) >= 11 is 0. The minimum Gasteiger partial charge on any atom is -0.465 e. The molecule has 7 heteroatoms. The van der Waals surface area contributed by atoms with E-state index in [4.69, 9.17) is 4.74 Å². The molecular formula is C22H22N4O3. The second kappa shape index (κ2) is 8.97. The Balaban J connectivity index is 1.84. The fourth-order valence-electron chi connectivity index (χ4n) is 2.85. The van der Waals surface area contributed by atoms with Crippen molar-refractivity contribution in [1.82, 2.24) is 9.97 Å². The number of rotatable bonds is 6. The molecule has 0 unspecified atom stereocenters. The van der Waals surface area contributed by atoms with Crippen LogP contribution in [0.25, 0.3) is 0 Å². The number of nitrogens with one attached hydrogen (secondary N) is 2. The van der Waals surface area contributed by atoms with Crippen molar-refractivity contribution in [3.8, 4) is 0 Å². The van der Waals surface area contributed by atoms with Gasteiger partial charge in [-0.3, -0.25) is 4.79 Å². The quantitative estimate of drug-likeness (QED) is 0.615. The topological polar surface area (TPSA) is 93.2 Å². The number of methoxy groups -OCH3 is 1. The zero-order valence-corrected chi connectivity index (χ0v) is 16.5. The lowest BCUT2D eigenvalue weighted by Crippen LogP contribution is -2.14. The van der Waals surface area contributed by atoms with Gasteiger partial charge in [-0.25, -0.2) is 14.8 Å². The zero-order chi connectivity index (χ0) is 20.8. The van der Waals surface area contributed by atoms with Crippen LogP contribution in [0.4, 0.5) is 17.2 Å². The summed E-state index contributed by atoms with van der Waals surface area (Å²) in [5.41, 5.74) is 4.03. The molecule has 0 fully saturated rings. The lowest BCUT2D eigenvalue weighted by Gasteiger charge is -2.13. The van der Waals surface area contributed by atoms with Gasteiger partial charge in [-0.1, -0.05) is 19.1 Å². The van der Waals surface area contributed by atoms with Crippen molar-refractivity contribution >= 4 is 29.1 Å². The molecule has 0 atom stereocenters. The summed E-state index contributed by atoms with van der Waals surface area (Å²) in [7, 11) is 1.31. The minimum absolute atomic E-state index is 0.305. The van der Waals surface area contributed by atoms with E-state index in [9.17, 15) is 9.59 Å². The van der Waals surface area contributed by atoms with E-state index in [-0.39, 0.29) is 5.91 Å². The van der Waals surface area contributed by atoms with Gasteiger partial charge in [-0.15, -0.1) is 0 Å². The Morgan fingerprint density at radius 3 is 2.55 bits per heavy atom. The van der Waals surface area contributed by atoms with Crippen molar-refractivity contribution in [3.05, 3.63) is 77.2 Å². The number of aryl methyl sites for hydroxylation is 2. The number of amides is 1. The van der Waals surface area contributed by atoms with Crippen molar-refractivity contribution in [2.75, 3.05) is 17.7 Å². The molecule has 0 saturated heterocycles. The van der Waals surface area contributed by atoms with Crippen LogP contribution in [0.5, 0.6) is 0 Å². The lowest BCUT2D eigenvalue weighted by molar-refractivity contribution is 0.0600. The van der Waals surface area contributed by atoms with Gasteiger partial charge < -0.3 is 15.4 Å². The molecule has 3 aromatic rings. The second-order valence-electron chi connectivity index (χ2n) is 6.42. The highest BCUT2D eigenvalue weighted by Gasteiger charge is 2.13. The molecule has 0 aliphatic carbocycles. The highest BCUT2D eigenvalue weighted by atomic mass is 16.5. The Morgan fingerprint density at radius 1 is 1.03 bits per heavy atom. The third kappa shape index (κ3) is 4.95. The first kappa shape index (κ1) is 20.0. The molecule has 29 heavy (non-hydrogen) atoms. The van der Waals surface area contributed by atoms with Gasteiger partial charge in [0.2, 0.25) is 0 Å². The second-order valence-corrected chi connectivity index (χ2v) is 6.42. The van der Waals surface area contributed by atoms with Gasteiger partial charge >= 0.3 is 5.97 Å². The van der Waals surface area contributed by atoms with E-state index in [0.29, 0.717) is 22.6 Å². The van der Waals surface area contributed by atoms with Gasteiger partial charge in [-0.2, -0.15) is 0 Å². The average molecular weight is 390 g/mol. The van der Waals surface area contributed by atoms with E-state index in [1.54, 1.807) is 18.2 Å². The smallest absolute Gasteiger partial charge is 0.337 e. The van der Waals surface area contributed by atoms with Crippen molar-refractivity contribution in [2.24, 2.45) is 0 Å². The summed E-state index contributed by atoms with van der Waals surface area (Å²) < 4.78 is 4.72. The van der Waals surface area contributed by atoms with Crippen LogP contribution in [-0.4, -0.2) is 29.0 Å². The molecule has 0 radical (unpaired) electrons. The Labute approximate surface area is 169 Å². The molecule has 148 valence electrons. The van der Waals surface area contributed by atoms with Crippen molar-refractivity contribution in [2.45, 2.75) is 20.3 Å². The highest BCUT2D eigenvalue weighted by molar-refractivity contribution is 6.06. The molecule has 1 heterocycles. The number of aromatic nitrogens is 2. The third-order valence-corrected chi connectivity index (χ3v) is 4.36. The zero-order valence-electron chi connectivity index (χ0n) is 16.5. The van der Waals surface area contributed by atoms with Crippen LogP contribution in [0.2, 0.25) is 0 Å². The first-order valence-electron chi connectivity index (χ1n) is 9.18.